The minimum atomic E-state index is -0.456. The fraction of sp³-hybridized carbons (Fsp3) is 0.483. The first kappa shape index (κ1) is 26.0. The van der Waals surface area contributed by atoms with Crippen LogP contribution in [0.1, 0.15) is 44.0 Å². The second kappa shape index (κ2) is 11.0. The Morgan fingerprint density at radius 2 is 1.97 bits per heavy atom. The molecule has 0 unspecified atom stereocenters. The smallest absolute Gasteiger partial charge is 0.330 e. The summed E-state index contributed by atoms with van der Waals surface area (Å²) in [7, 11) is 3.02. The summed E-state index contributed by atoms with van der Waals surface area (Å²) in [5.74, 6) is -0.842. The number of hydrogen-bond acceptors (Lipinski definition) is 7. The summed E-state index contributed by atoms with van der Waals surface area (Å²) in [6, 6.07) is 9.91. The van der Waals surface area contributed by atoms with E-state index < -0.39 is 12.0 Å². The molecule has 1 saturated heterocycles. The molecule has 5 rings (SSSR count). The van der Waals surface area contributed by atoms with Crippen LogP contribution in [0.4, 0.5) is 0 Å². The highest BCUT2D eigenvalue weighted by Gasteiger charge is 2.47. The number of benzene rings is 1. The molecular weight excluding hydrogens is 486 g/mol. The topological polar surface area (TPSA) is 90.3 Å². The maximum atomic E-state index is 14.4. The average Bonchev–Trinajstić information content (AvgIpc) is 3.53. The Morgan fingerprint density at radius 3 is 2.74 bits per heavy atom. The number of esters is 2. The van der Waals surface area contributed by atoms with Gasteiger partial charge in [0.15, 0.2) is 0 Å². The van der Waals surface area contributed by atoms with Gasteiger partial charge in [-0.1, -0.05) is 18.2 Å². The van der Waals surface area contributed by atoms with Crippen LogP contribution >= 0.6 is 0 Å². The molecule has 0 saturated carbocycles. The summed E-state index contributed by atoms with van der Waals surface area (Å²) in [6.07, 6.45) is 7.76. The zero-order valence-corrected chi connectivity index (χ0v) is 22.2. The van der Waals surface area contributed by atoms with Crippen molar-refractivity contribution in [3.63, 3.8) is 0 Å². The Balaban J connectivity index is 1.61. The lowest BCUT2D eigenvalue weighted by molar-refractivity contribution is -0.142. The summed E-state index contributed by atoms with van der Waals surface area (Å²) in [5.41, 5.74) is 2.95. The Morgan fingerprint density at radius 1 is 1.16 bits per heavy atom. The SMILES string of the molecule is COC[C@@H]1CCCN1C(=O)[C@@H]1[C@@H]2C[C@H](c3cc4ccccc4n31)N(CCOC(C)=O)C=C2/C=C/C(=O)OC. The van der Waals surface area contributed by atoms with Gasteiger partial charge >= 0.3 is 11.9 Å². The highest BCUT2D eigenvalue weighted by atomic mass is 16.5. The molecule has 202 valence electrons. The predicted octanol–water partition coefficient (Wildman–Crippen LogP) is 3.37. The van der Waals surface area contributed by atoms with Gasteiger partial charge in [0, 0.05) is 50.0 Å². The number of allylic oxidation sites excluding steroid dienone is 2. The number of amides is 1. The van der Waals surface area contributed by atoms with Gasteiger partial charge in [0.05, 0.1) is 32.3 Å². The molecule has 9 heteroatoms. The van der Waals surface area contributed by atoms with Crippen LogP contribution < -0.4 is 0 Å². The molecule has 3 aliphatic heterocycles. The molecule has 3 aliphatic rings. The highest BCUT2D eigenvalue weighted by Crippen LogP contribution is 2.50. The fourth-order valence-electron chi connectivity index (χ4n) is 6.29. The molecule has 2 aromatic rings. The fourth-order valence-corrected chi connectivity index (χ4v) is 6.29. The van der Waals surface area contributed by atoms with E-state index in [2.05, 4.69) is 27.7 Å². The number of rotatable bonds is 8. The summed E-state index contributed by atoms with van der Waals surface area (Å²) in [4.78, 5) is 42.0. The summed E-state index contributed by atoms with van der Waals surface area (Å²) in [5, 5.41) is 1.08. The van der Waals surface area contributed by atoms with Gasteiger partial charge in [-0.25, -0.2) is 4.79 Å². The van der Waals surface area contributed by atoms with Crippen LogP contribution in [0.15, 0.2) is 54.3 Å². The second-order valence-corrected chi connectivity index (χ2v) is 10.1. The van der Waals surface area contributed by atoms with Gasteiger partial charge in [-0.15, -0.1) is 0 Å². The highest BCUT2D eigenvalue weighted by molar-refractivity contribution is 5.88. The summed E-state index contributed by atoms with van der Waals surface area (Å²) in [6.45, 7) is 3.36. The van der Waals surface area contributed by atoms with Gasteiger partial charge in [-0.05, 0) is 48.4 Å². The van der Waals surface area contributed by atoms with E-state index in [1.807, 2.05) is 23.2 Å². The van der Waals surface area contributed by atoms with Crippen molar-refractivity contribution in [3.05, 3.63) is 60.0 Å². The third kappa shape index (κ3) is 4.82. The van der Waals surface area contributed by atoms with E-state index in [-0.39, 0.29) is 36.5 Å². The van der Waals surface area contributed by atoms with Crippen molar-refractivity contribution in [1.82, 2.24) is 14.4 Å². The summed E-state index contributed by atoms with van der Waals surface area (Å²) >= 11 is 0. The predicted molar refractivity (Wildman–Crippen MR) is 141 cm³/mol. The molecule has 4 atom stereocenters. The first-order valence-electron chi connectivity index (χ1n) is 13.2. The number of hydrogen-bond donors (Lipinski definition) is 0. The average molecular weight is 522 g/mol. The molecule has 9 nitrogen and oxygen atoms in total. The quantitative estimate of drug-likeness (QED) is 0.389. The van der Waals surface area contributed by atoms with Crippen LogP contribution in [0.2, 0.25) is 0 Å². The van der Waals surface area contributed by atoms with E-state index >= 15 is 0 Å². The zero-order valence-electron chi connectivity index (χ0n) is 22.2. The molecule has 38 heavy (non-hydrogen) atoms. The van der Waals surface area contributed by atoms with Gasteiger partial charge in [0.2, 0.25) is 5.91 Å². The Labute approximate surface area is 222 Å². The number of para-hydroxylation sites is 1. The molecule has 1 amide bonds. The third-order valence-corrected chi connectivity index (χ3v) is 7.94. The van der Waals surface area contributed by atoms with Gasteiger partial charge in [0.25, 0.3) is 0 Å². The van der Waals surface area contributed by atoms with Crippen molar-refractivity contribution < 1.29 is 28.6 Å². The van der Waals surface area contributed by atoms with Crippen molar-refractivity contribution in [2.24, 2.45) is 5.92 Å². The maximum absolute atomic E-state index is 14.4. The monoisotopic (exact) mass is 521 g/mol. The van der Waals surface area contributed by atoms with E-state index in [4.69, 9.17) is 14.2 Å². The molecule has 2 bridgehead atoms. The van der Waals surface area contributed by atoms with Gasteiger partial charge in [-0.2, -0.15) is 0 Å². The molecule has 1 fully saturated rings. The van der Waals surface area contributed by atoms with Crippen LogP contribution in [-0.4, -0.2) is 78.8 Å². The number of aromatic nitrogens is 1. The van der Waals surface area contributed by atoms with Gasteiger partial charge in [0.1, 0.15) is 12.6 Å². The van der Waals surface area contributed by atoms with Crippen molar-refractivity contribution in [3.8, 4) is 0 Å². The lowest BCUT2D eigenvalue weighted by Crippen LogP contribution is -2.49. The van der Waals surface area contributed by atoms with Crippen molar-refractivity contribution in [2.75, 3.05) is 40.5 Å². The van der Waals surface area contributed by atoms with Crippen LogP contribution in [0.25, 0.3) is 10.9 Å². The number of ether oxygens (including phenoxy) is 3. The number of methoxy groups -OCH3 is 2. The first-order valence-corrected chi connectivity index (χ1v) is 13.2. The second-order valence-electron chi connectivity index (χ2n) is 10.1. The van der Waals surface area contributed by atoms with E-state index in [1.165, 1.54) is 20.1 Å². The molecule has 0 spiro atoms. The first-order chi connectivity index (χ1) is 18.4. The van der Waals surface area contributed by atoms with Crippen LogP contribution in [0.3, 0.4) is 0 Å². The molecule has 1 aromatic heterocycles. The Kier molecular flexibility index (Phi) is 7.56. The van der Waals surface area contributed by atoms with Crippen LogP contribution in [0.5, 0.6) is 0 Å². The van der Waals surface area contributed by atoms with Gasteiger partial charge in [-0.3, -0.25) is 9.59 Å². The van der Waals surface area contributed by atoms with E-state index in [1.54, 1.807) is 13.2 Å². The number of fused-ring (bicyclic) bond motifs is 6. The van der Waals surface area contributed by atoms with Crippen molar-refractivity contribution >= 4 is 28.7 Å². The molecule has 4 heterocycles. The number of nitrogens with zero attached hydrogens (tertiary/aromatic N) is 3. The lowest BCUT2D eigenvalue weighted by Gasteiger charge is -2.47. The molecule has 0 radical (unpaired) electrons. The van der Waals surface area contributed by atoms with Crippen LogP contribution in [-0.2, 0) is 28.6 Å². The van der Waals surface area contributed by atoms with E-state index in [0.29, 0.717) is 26.1 Å². The third-order valence-electron chi connectivity index (χ3n) is 7.94. The van der Waals surface area contributed by atoms with E-state index in [0.717, 1.165) is 35.0 Å². The molecule has 1 aromatic carbocycles. The minimum absolute atomic E-state index is 0.00404. The maximum Gasteiger partial charge on any atom is 0.330 e. The van der Waals surface area contributed by atoms with E-state index in [9.17, 15) is 14.4 Å². The number of carbonyl (C=O) groups is 3. The summed E-state index contributed by atoms with van der Waals surface area (Å²) < 4.78 is 17.8. The molecule has 0 aliphatic carbocycles. The standard InChI is InChI=1S/C29H35N3O6/c1-19(33)38-14-13-30-17-21(10-11-27(34)37-3)23-16-25(30)26-15-20-7-4-5-9-24(20)32(26)28(23)29(35)31-12-6-8-22(31)18-36-2/h4-5,7,9-11,15,17,22-23,25,28H,6,8,12-14,16,18H2,1-3H3/b11-10+/t22-,23+,25+,28-/m0/s1. The van der Waals surface area contributed by atoms with Crippen molar-refractivity contribution in [2.45, 2.75) is 44.3 Å². The van der Waals surface area contributed by atoms with Crippen molar-refractivity contribution in [1.29, 1.82) is 0 Å². The normalized spacial score (nSPS) is 24.4. The molecular formula is C29H35N3O6. The largest absolute Gasteiger partial charge is 0.466 e. The minimum Gasteiger partial charge on any atom is -0.466 e. The molecule has 0 N–H and O–H groups in total. The van der Waals surface area contributed by atoms with Crippen LogP contribution in [0, 0.1) is 5.92 Å². The Hall–Kier alpha value is -3.59. The lowest BCUT2D eigenvalue weighted by atomic mass is 9.77. The number of likely N-dealkylation sites (tertiary alicyclic amines) is 1. The number of carbonyl (C=O) groups excluding carboxylic acids is 3. The Bertz CT molecular complexity index is 1280. The zero-order chi connectivity index (χ0) is 26.8. The van der Waals surface area contributed by atoms with Gasteiger partial charge < -0.3 is 28.6 Å².